The van der Waals surface area contributed by atoms with Crippen LogP contribution in [0, 0.1) is 12.8 Å². The van der Waals surface area contributed by atoms with Crippen molar-refractivity contribution in [3.63, 3.8) is 0 Å². The molecule has 0 radical (unpaired) electrons. The second-order valence-electron chi connectivity index (χ2n) is 9.49. The molecule has 36 heavy (non-hydrogen) atoms. The minimum atomic E-state index is -0.230. The van der Waals surface area contributed by atoms with Gasteiger partial charge in [0, 0.05) is 23.8 Å². The minimum Gasteiger partial charge on any atom is -0.350 e. The third kappa shape index (κ3) is 5.43. The first-order chi connectivity index (χ1) is 17.1. The van der Waals surface area contributed by atoms with Crippen molar-refractivity contribution in [2.75, 3.05) is 11.1 Å². The highest BCUT2D eigenvalue weighted by atomic mass is 32.2. The molecular formula is C26H30N6O3S. The molecule has 0 aliphatic heterocycles. The lowest BCUT2D eigenvalue weighted by molar-refractivity contribution is -0.113. The Bertz CT molecular complexity index is 1490. The van der Waals surface area contributed by atoms with Gasteiger partial charge in [-0.05, 0) is 57.0 Å². The van der Waals surface area contributed by atoms with Gasteiger partial charge in [-0.3, -0.25) is 23.4 Å². The van der Waals surface area contributed by atoms with Gasteiger partial charge in [-0.15, -0.1) is 10.2 Å². The van der Waals surface area contributed by atoms with Gasteiger partial charge in [0.15, 0.2) is 5.16 Å². The number of nitrogens with zero attached hydrogens (tertiary/aromatic N) is 4. The molecule has 2 aromatic heterocycles. The van der Waals surface area contributed by atoms with Crippen molar-refractivity contribution in [1.82, 2.24) is 24.5 Å². The fourth-order valence-corrected chi connectivity index (χ4v) is 4.60. The number of carbonyl (C=O) groups is 2. The van der Waals surface area contributed by atoms with Crippen molar-refractivity contribution in [2.45, 2.75) is 52.4 Å². The van der Waals surface area contributed by atoms with E-state index in [1.54, 1.807) is 27.2 Å². The van der Waals surface area contributed by atoms with E-state index in [2.05, 4.69) is 20.8 Å². The van der Waals surface area contributed by atoms with Crippen LogP contribution in [0.1, 0.15) is 43.6 Å². The van der Waals surface area contributed by atoms with Crippen LogP contribution in [-0.2, 0) is 11.3 Å². The van der Waals surface area contributed by atoms with Crippen LogP contribution in [0.4, 0.5) is 5.69 Å². The number of aromatic nitrogens is 4. The highest BCUT2D eigenvalue weighted by Gasteiger charge is 2.20. The lowest BCUT2D eigenvalue weighted by Crippen LogP contribution is -2.30. The Labute approximate surface area is 213 Å². The smallest absolute Gasteiger partial charge is 0.262 e. The van der Waals surface area contributed by atoms with E-state index in [0.29, 0.717) is 39.6 Å². The van der Waals surface area contributed by atoms with Crippen LogP contribution < -0.4 is 16.2 Å². The molecule has 188 valence electrons. The molecule has 0 bridgehead atoms. The van der Waals surface area contributed by atoms with Crippen LogP contribution in [0.15, 0.2) is 52.4 Å². The van der Waals surface area contributed by atoms with Crippen LogP contribution in [0.2, 0.25) is 0 Å². The predicted octanol–water partition coefficient (Wildman–Crippen LogP) is 3.88. The summed E-state index contributed by atoms with van der Waals surface area (Å²) in [6.07, 6.45) is 0. The number of aryl methyl sites for hydroxylation is 1. The maximum atomic E-state index is 13.3. The Morgan fingerprint density at radius 2 is 1.75 bits per heavy atom. The highest BCUT2D eigenvalue weighted by Crippen LogP contribution is 2.23. The zero-order chi connectivity index (χ0) is 26.0. The van der Waals surface area contributed by atoms with Gasteiger partial charge >= 0.3 is 0 Å². The Morgan fingerprint density at radius 1 is 1.03 bits per heavy atom. The van der Waals surface area contributed by atoms with Gasteiger partial charge < -0.3 is 10.6 Å². The second kappa shape index (κ2) is 10.5. The minimum absolute atomic E-state index is 0.0275. The largest absolute Gasteiger partial charge is 0.350 e. The van der Waals surface area contributed by atoms with E-state index in [4.69, 9.17) is 0 Å². The Balaban J connectivity index is 1.74. The lowest BCUT2D eigenvalue weighted by Gasteiger charge is -2.14. The van der Waals surface area contributed by atoms with Crippen LogP contribution in [-0.4, -0.2) is 42.8 Å². The van der Waals surface area contributed by atoms with Gasteiger partial charge in [0.05, 0.1) is 16.7 Å². The zero-order valence-corrected chi connectivity index (χ0v) is 21.8. The van der Waals surface area contributed by atoms with E-state index >= 15 is 0 Å². The predicted molar refractivity (Wildman–Crippen MR) is 143 cm³/mol. The molecule has 0 spiro atoms. The summed E-state index contributed by atoms with van der Waals surface area (Å²) < 4.78 is 3.36. The van der Waals surface area contributed by atoms with E-state index in [0.717, 1.165) is 5.56 Å². The van der Waals surface area contributed by atoms with Gasteiger partial charge in [0.2, 0.25) is 11.7 Å². The lowest BCUT2D eigenvalue weighted by atomic mass is 10.1. The number of hydrogen-bond donors (Lipinski definition) is 2. The molecular weight excluding hydrogens is 476 g/mol. The van der Waals surface area contributed by atoms with Gasteiger partial charge in [-0.2, -0.15) is 0 Å². The normalized spacial score (nSPS) is 11.5. The topological polar surface area (TPSA) is 110 Å². The molecule has 2 aromatic carbocycles. The molecule has 0 aliphatic rings. The molecule has 2 amide bonds. The molecule has 10 heteroatoms. The van der Waals surface area contributed by atoms with Crippen molar-refractivity contribution in [3.8, 4) is 0 Å². The number of benzene rings is 2. The first-order valence-electron chi connectivity index (χ1n) is 11.9. The van der Waals surface area contributed by atoms with Crippen molar-refractivity contribution in [3.05, 3.63) is 63.9 Å². The fraction of sp³-hybridized carbons (Fsp3) is 0.346. The molecule has 2 heterocycles. The number of amides is 2. The Morgan fingerprint density at radius 3 is 2.42 bits per heavy atom. The van der Waals surface area contributed by atoms with Crippen LogP contribution in [0.25, 0.3) is 16.7 Å². The number of thioether (sulfide) groups is 1. The average molecular weight is 507 g/mol. The summed E-state index contributed by atoms with van der Waals surface area (Å²) in [7, 11) is 0. The van der Waals surface area contributed by atoms with E-state index in [1.807, 2.05) is 58.9 Å². The standard InChI is InChI=1S/C26H30N6O3S/c1-15(2)13-31-24(35)20-11-8-18(23(34)27-16(3)4)12-21(20)32-25(31)29-30-26(32)36-14-22(33)28-19-9-6-17(5)7-10-19/h6-12,15-16H,13-14H2,1-5H3,(H,27,34)(H,28,33). The van der Waals surface area contributed by atoms with E-state index in [-0.39, 0.29) is 35.1 Å². The van der Waals surface area contributed by atoms with Crippen molar-refractivity contribution >= 4 is 45.9 Å². The summed E-state index contributed by atoms with van der Waals surface area (Å²) in [4.78, 5) is 38.6. The van der Waals surface area contributed by atoms with Gasteiger partial charge in [0.25, 0.3) is 11.5 Å². The summed E-state index contributed by atoms with van der Waals surface area (Å²) in [5.41, 5.74) is 2.59. The summed E-state index contributed by atoms with van der Waals surface area (Å²) in [6.45, 7) is 10.3. The number of carbonyl (C=O) groups excluding carboxylic acids is 2. The molecule has 0 atom stereocenters. The number of anilines is 1. The first-order valence-corrected chi connectivity index (χ1v) is 12.8. The van der Waals surface area contributed by atoms with Gasteiger partial charge in [-0.1, -0.05) is 43.3 Å². The van der Waals surface area contributed by atoms with Crippen molar-refractivity contribution in [1.29, 1.82) is 0 Å². The van der Waals surface area contributed by atoms with Gasteiger partial charge in [0.1, 0.15) is 0 Å². The maximum absolute atomic E-state index is 13.3. The van der Waals surface area contributed by atoms with Crippen molar-refractivity contribution < 1.29 is 9.59 Å². The molecule has 0 unspecified atom stereocenters. The summed E-state index contributed by atoms with van der Waals surface area (Å²) >= 11 is 1.22. The molecule has 0 saturated carbocycles. The SMILES string of the molecule is Cc1ccc(NC(=O)CSc2nnc3n(CC(C)C)c(=O)c4ccc(C(=O)NC(C)C)cc4n23)cc1. The highest BCUT2D eigenvalue weighted by molar-refractivity contribution is 7.99. The number of rotatable bonds is 8. The quantitative estimate of drug-likeness (QED) is 0.351. The number of hydrogen-bond acceptors (Lipinski definition) is 6. The number of fused-ring (bicyclic) bond motifs is 3. The van der Waals surface area contributed by atoms with E-state index in [1.165, 1.54) is 11.8 Å². The van der Waals surface area contributed by atoms with E-state index < -0.39 is 0 Å². The average Bonchev–Trinajstić information content (AvgIpc) is 3.25. The Hall–Kier alpha value is -3.66. The molecule has 4 rings (SSSR count). The Kier molecular flexibility index (Phi) is 7.44. The van der Waals surface area contributed by atoms with Crippen molar-refractivity contribution in [2.24, 2.45) is 5.92 Å². The third-order valence-corrected chi connectivity index (χ3v) is 6.40. The molecule has 0 fully saturated rings. The number of nitrogens with one attached hydrogen (secondary N) is 2. The summed E-state index contributed by atoms with van der Waals surface area (Å²) in [5.74, 6) is 0.272. The molecule has 9 nitrogen and oxygen atoms in total. The third-order valence-electron chi connectivity index (χ3n) is 5.47. The first kappa shape index (κ1) is 25.4. The van der Waals surface area contributed by atoms with Crippen LogP contribution in [0.3, 0.4) is 0 Å². The molecule has 2 N–H and O–H groups in total. The molecule has 0 aliphatic carbocycles. The van der Waals surface area contributed by atoms with Crippen LogP contribution in [0.5, 0.6) is 0 Å². The van der Waals surface area contributed by atoms with Gasteiger partial charge in [-0.25, -0.2) is 0 Å². The zero-order valence-electron chi connectivity index (χ0n) is 21.0. The summed E-state index contributed by atoms with van der Waals surface area (Å²) in [5, 5.41) is 15.3. The maximum Gasteiger partial charge on any atom is 0.262 e. The monoisotopic (exact) mass is 506 g/mol. The second-order valence-corrected chi connectivity index (χ2v) is 10.4. The molecule has 4 aromatic rings. The van der Waals surface area contributed by atoms with E-state index in [9.17, 15) is 14.4 Å². The fourth-order valence-electron chi connectivity index (χ4n) is 3.86. The summed E-state index contributed by atoms with van der Waals surface area (Å²) in [6, 6.07) is 12.5. The van der Waals surface area contributed by atoms with Crippen LogP contribution >= 0.6 is 11.8 Å². The molecule has 0 saturated heterocycles.